The number of benzene rings is 1. The highest BCUT2D eigenvalue weighted by molar-refractivity contribution is 6.34. The Bertz CT molecular complexity index is 418. The van der Waals surface area contributed by atoms with Crippen molar-refractivity contribution in [3.05, 3.63) is 34.6 Å². The molecule has 1 aromatic carbocycles. The van der Waals surface area contributed by atoms with Gasteiger partial charge in [0.1, 0.15) is 5.82 Å². The van der Waals surface area contributed by atoms with Gasteiger partial charge in [0.05, 0.1) is 10.7 Å². The Balaban J connectivity index is 2.95. The molecule has 0 aliphatic heterocycles. The molecule has 0 bridgehead atoms. The standard InChI is InChI=1S/C10H10ClFN2O/c1-6(13-14-7(2)15)9-4-3-8(12)5-10(9)11/h3-5H,1-2H3,(H,14,15)/b13-6-. The maximum atomic E-state index is 12.7. The molecular formula is C10H10ClFN2O. The molecule has 0 heterocycles. The average Bonchev–Trinajstić information content (AvgIpc) is 2.14. The fraction of sp³-hybridized carbons (Fsp3) is 0.200. The van der Waals surface area contributed by atoms with E-state index in [9.17, 15) is 9.18 Å². The Morgan fingerprint density at radius 1 is 1.47 bits per heavy atom. The molecule has 0 aliphatic rings. The third kappa shape index (κ3) is 3.32. The van der Waals surface area contributed by atoms with Crippen LogP contribution in [0.4, 0.5) is 4.39 Å². The van der Waals surface area contributed by atoms with Crippen molar-refractivity contribution in [2.24, 2.45) is 5.10 Å². The number of hydrogen-bond donors (Lipinski definition) is 1. The summed E-state index contributed by atoms with van der Waals surface area (Å²) in [5, 5.41) is 4.06. The van der Waals surface area contributed by atoms with E-state index >= 15 is 0 Å². The number of carbonyl (C=O) groups excluding carboxylic acids is 1. The Morgan fingerprint density at radius 3 is 2.67 bits per heavy atom. The van der Waals surface area contributed by atoms with E-state index in [1.54, 1.807) is 6.92 Å². The van der Waals surface area contributed by atoms with Gasteiger partial charge in [-0.2, -0.15) is 5.10 Å². The molecule has 15 heavy (non-hydrogen) atoms. The summed E-state index contributed by atoms with van der Waals surface area (Å²) in [7, 11) is 0. The Kier molecular flexibility index (Phi) is 3.80. The van der Waals surface area contributed by atoms with Gasteiger partial charge in [-0.3, -0.25) is 4.79 Å². The van der Waals surface area contributed by atoms with E-state index in [4.69, 9.17) is 11.6 Å². The molecule has 0 saturated carbocycles. The van der Waals surface area contributed by atoms with Crippen LogP contribution in [0.1, 0.15) is 19.4 Å². The Hall–Kier alpha value is -1.42. The van der Waals surface area contributed by atoms with Gasteiger partial charge < -0.3 is 0 Å². The van der Waals surface area contributed by atoms with Crippen molar-refractivity contribution in [1.29, 1.82) is 0 Å². The van der Waals surface area contributed by atoms with Crippen LogP contribution in [0.25, 0.3) is 0 Å². The van der Waals surface area contributed by atoms with Crippen molar-refractivity contribution in [2.45, 2.75) is 13.8 Å². The van der Waals surface area contributed by atoms with Crippen molar-refractivity contribution in [1.82, 2.24) is 5.43 Å². The molecule has 0 spiro atoms. The van der Waals surface area contributed by atoms with Crippen LogP contribution < -0.4 is 5.43 Å². The first-order valence-electron chi connectivity index (χ1n) is 4.27. The maximum absolute atomic E-state index is 12.7. The lowest BCUT2D eigenvalue weighted by Gasteiger charge is -2.03. The molecule has 1 rings (SSSR count). The monoisotopic (exact) mass is 228 g/mol. The van der Waals surface area contributed by atoms with Crippen molar-refractivity contribution in [2.75, 3.05) is 0 Å². The molecule has 1 N–H and O–H groups in total. The fourth-order valence-corrected chi connectivity index (χ4v) is 1.31. The van der Waals surface area contributed by atoms with E-state index in [1.165, 1.54) is 25.1 Å². The predicted molar refractivity (Wildman–Crippen MR) is 57.4 cm³/mol. The molecule has 3 nitrogen and oxygen atoms in total. The minimum absolute atomic E-state index is 0.265. The van der Waals surface area contributed by atoms with Crippen LogP contribution in [0.2, 0.25) is 5.02 Å². The highest BCUT2D eigenvalue weighted by Gasteiger charge is 2.05. The average molecular weight is 229 g/mol. The Labute approximate surface area is 91.9 Å². The highest BCUT2D eigenvalue weighted by atomic mass is 35.5. The van der Waals surface area contributed by atoms with Crippen LogP contribution in [-0.2, 0) is 4.79 Å². The van der Waals surface area contributed by atoms with Gasteiger partial charge in [-0.15, -0.1) is 0 Å². The van der Waals surface area contributed by atoms with Gasteiger partial charge in [-0.25, -0.2) is 9.82 Å². The zero-order chi connectivity index (χ0) is 11.4. The number of hydrazone groups is 1. The second-order valence-electron chi connectivity index (χ2n) is 2.99. The summed E-state index contributed by atoms with van der Waals surface area (Å²) in [5.74, 6) is -0.677. The quantitative estimate of drug-likeness (QED) is 0.613. The largest absolute Gasteiger partial charge is 0.274 e. The molecule has 0 fully saturated rings. The lowest BCUT2D eigenvalue weighted by atomic mass is 10.1. The smallest absolute Gasteiger partial charge is 0.236 e. The third-order valence-electron chi connectivity index (χ3n) is 1.70. The first kappa shape index (κ1) is 11.7. The van der Waals surface area contributed by atoms with E-state index < -0.39 is 5.82 Å². The van der Waals surface area contributed by atoms with Crippen molar-refractivity contribution in [3.63, 3.8) is 0 Å². The Morgan fingerprint density at radius 2 is 2.13 bits per heavy atom. The molecule has 5 heteroatoms. The number of halogens is 2. The van der Waals surface area contributed by atoms with E-state index in [2.05, 4.69) is 10.5 Å². The molecule has 0 radical (unpaired) electrons. The highest BCUT2D eigenvalue weighted by Crippen LogP contribution is 2.17. The summed E-state index contributed by atoms with van der Waals surface area (Å²) in [4.78, 5) is 10.6. The topological polar surface area (TPSA) is 41.5 Å². The molecule has 80 valence electrons. The molecular weight excluding hydrogens is 219 g/mol. The normalized spacial score (nSPS) is 11.3. The van der Waals surface area contributed by atoms with Crippen molar-refractivity contribution < 1.29 is 9.18 Å². The van der Waals surface area contributed by atoms with E-state index in [1.807, 2.05) is 0 Å². The number of carbonyl (C=O) groups is 1. The lowest BCUT2D eigenvalue weighted by Crippen LogP contribution is -2.15. The molecule has 1 amide bonds. The third-order valence-corrected chi connectivity index (χ3v) is 2.01. The summed E-state index contributed by atoms with van der Waals surface area (Å²) >= 11 is 5.81. The van der Waals surface area contributed by atoms with Crippen molar-refractivity contribution >= 4 is 23.2 Å². The van der Waals surface area contributed by atoms with Crippen LogP contribution in [0.3, 0.4) is 0 Å². The number of rotatable bonds is 2. The van der Waals surface area contributed by atoms with Crippen LogP contribution >= 0.6 is 11.6 Å². The maximum Gasteiger partial charge on any atom is 0.236 e. The van der Waals surface area contributed by atoms with Crippen molar-refractivity contribution in [3.8, 4) is 0 Å². The van der Waals surface area contributed by atoms with Crippen LogP contribution in [0, 0.1) is 5.82 Å². The van der Waals surface area contributed by atoms with Crippen LogP contribution in [0.5, 0.6) is 0 Å². The lowest BCUT2D eigenvalue weighted by molar-refractivity contribution is -0.118. The summed E-state index contributed by atoms with van der Waals surface area (Å²) in [6.07, 6.45) is 0. The fourth-order valence-electron chi connectivity index (χ4n) is 1.01. The summed E-state index contributed by atoms with van der Waals surface area (Å²) in [6, 6.07) is 4.00. The molecule has 0 unspecified atom stereocenters. The second kappa shape index (κ2) is 4.89. The molecule has 0 atom stereocenters. The van der Waals surface area contributed by atoms with E-state index in [0.717, 1.165) is 0 Å². The number of amides is 1. The van der Waals surface area contributed by atoms with Gasteiger partial charge in [0, 0.05) is 12.5 Å². The minimum Gasteiger partial charge on any atom is -0.274 e. The van der Waals surface area contributed by atoms with Gasteiger partial charge in [-0.1, -0.05) is 11.6 Å². The summed E-state index contributed by atoms with van der Waals surface area (Å²) in [5.41, 5.74) is 3.40. The van der Waals surface area contributed by atoms with Gasteiger partial charge in [-0.05, 0) is 25.1 Å². The first-order chi connectivity index (χ1) is 7.00. The van der Waals surface area contributed by atoms with Gasteiger partial charge in [0.15, 0.2) is 0 Å². The minimum atomic E-state index is -0.406. The summed E-state index contributed by atoms with van der Waals surface area (Å²) in [6.45, 7) is 3.03. The molecule has 0 aromatic heterocycles. The zero-order valence-corrected chi connectivity index (χ0v) is 9.10. The van der Waals surface area contributed by atoms with E-state index in [-0.39, 0.29) is 10.9 Å². The SMILES string of the molecule is CC(=O)N/N=C(/C)c1ccc(F)cc1Cl. The first-order valence-corrected chi connectivity index (χ1v) is 4.65. The number of hydrogen-bond acceptors (Lipinski definition) is 2. The predicted octanol–water partition coefficient (Wildman–Crippen LogP) is 2.34. The van der Waals surface area contributed by atoms with E-state index in [0.29, 0.717) is 11.3 Å². The van der Waals surface area contributed by atoms with Crippen LogP contribution in [0.15, 0.2) is 23.3 Å². The van der Waals surface area contributed by atoms with Gasteiger partial charge in [0.25, 0.3) is 0 Å². The van der Waals surface area contributed by atoms with Gasteiger partial charge in [0.2, 0.25) is 5.91 Å². The second-order valence-corrected chi connectivity index (χ2v) is 3.40. The van der Waals surface area contributed by atoms with Gasteiger partial charge >= 0.3 is 0 Å². The zero-order valence-electron chi connectivity index (χ0n) is 8.34. The number of nitrogens with one attached hydrogen (secondary N) is 1. The number of nitrogens with zero attached hydrogens (tertiary/aromatic N) is 1. The summed E-state index contributed by atoms with van der Waals surface area (Å²) < 4.78 is 12.7. The molecule has 0 saturated heterocycles. The molecule has 0 aliphatic carbocycles. The molecule has 1 aromatic rings. The van der Waals surface area contributed by atoms with Crippen LogP contribution in [-0.4, -0.2) is 11.6 Å².